The molecule has 1 N–H and O–H groups in total. The van der Waals surface area contributed by atoms with Gasteiger partial charge in [-0.3, -0.25) is 0 Å². The second kappa shape index (κ2) is 3.23. The van der Waals surface area contributed by atoms with Gasteiger partial charge in [-0.25, -0.2) is 9.97 Å². The van der Waals surface area contributed by atoms with Crippen molar-refractivity contribution in [1.29, 1.82) is 0 Å². The zero-order chi connectivity index (χ0) is 11.4. The number of hydrogen-bond acceptors (Lipinski definition) is 3. The fourth-order valence-corrected chi connectivity index (χ4v) is 3.19. The van der Waals surface area contributed by atoms with Crippen molar-refractivity contribution >= 4 is 11.0 Å². The maximum absolute atomic E-state index is 13.1. The molecule has 1 aliphatic heterocycles. The largest absolute Gasteiger partial charge is 0.316 e. The van der Waals surface area contributed by atoms with Gasteiger partial charge >= 0.3 is 0 Å². The highest BCUT2D eigenvalue weighted by atomic mass is 19.1. The van der Waals surface area contributed by atoms with Gasteiger partial charge in [0.2, 0.25) is 5.95 Å². The number of rotatable bonds is 0. The van der Waals surface area contributed by atoms with E-state index in [-0.39, 0.29) is 0 Å². The summed E-state index contributed by atoms with van der Waals surface area (Å²) >= 11 is 0. The molecule has 0 radical (unpaired) electrons. The van der Waals surface area contributed by atoms with Gasteiger partial charge in [0.25, 0.3) is 0 Å². The monoisotopic (exact) mass is 229 g/mol. The second-order valence-corrected chi connectivity index (χ2v) is 4.95. The lowest BCUT2D eigenvalue weighted by Gasteiger charge is -2.19. The van der Waals surface area contributed by atoms with Crippen LogP contribution in [0.1, 0.15) is 29.4 Å². The van der Waals surface area contributed by atoms with Gasteiger partial charge in [-0.2, -0.15) is 4.39 Å². The average Bonchev–Trinajstić information content (AvgIpc) is 2.59. The van der Waals surface area contributed by atoms with Gasteiger partial charge in [-0.05, 0) is 41.5 Å². The molecule has 2 atom stereocenters. The Balaban J connectivity index is 1.99. The SMILES string of the molecule is Fc1cnc2cc3c(cc2n1)[C@H]1CNC[C@H]3C1. The maximum atomic E-state index is 13.1. The summed E-state index contributed by atoms with van der Waals surface area (Å²) in [6, 6.07) is 4.12. The summed E-state index contributed by atoms with van der Waals surface area (Å²) in [6.07, 6.45) is 2.40. The number of nitrogens with one attached hydrogen (secondary N) is 1. The molecule has 1 aromatic heterocycles. The molecule has 1 saturated heterocycles. The van der Waals surface area contributed by atoms with Gasteiger partial charge in [0.15, 0.2) is 0 Å². The van der Waals surface area contributed by atoms with Crippen LogP contribution >= 0.6 is 0 Å². The minimum Gasteiger partial charge on any atom is -0.316 e. The molecule has 2 heterocycles. The van der Waals surface area contributed by atoms with Gasteiger partial charge in [-0.15, -0.1) is 0 Å². The molecule has 1 fully saturated rings. The summed E-state index contributed by atoms with van der Waals surface area (Å²) in [5.74, 6) is 0.662. The molecule has 0 unspecified atom stereocenters. The fraction of sp³-hybridized carbons (Fsp3) is 0.385. The van der Waals surface area contributed by atoms with Gasteiger partial charge in [0.1, 0.15) is 0 Å². The minimum absolute atomic E-state index is 0.503. The van der Waals surface area contributed by atoms with Crippen LogP contribution in [0.3, 0.4) is 0 Å². The average molecular weight is 229 g/mol. The Labute approximate surface area is 98.1 Å². The molecular weight excluding hydrogens is 217 g/mol. The molecule has 2 aromatic rings. The van der Waals surface area contributed by atoms with E-state index in [1.807, 2.05) is 6.07 Å². The Morgan fingerprint density at radius 2 is 1.82 bits per heavy atom. The summed E-state index contributed by atoms with van der Waals surface area (Å²) in [6.45, 7) is 2.07. The second-order valence-electron chi connectivity index (χ2n) is 4.95. The van der Waals surface area contributed by atoms with E-state index in [2.05, 4.69) is 21.4 Å². The molecule has 17 heavy (non-hydrogen) atoms. The van der Waals surface area contributed by atoms with Crippen molar-refractivity contribution in [2.75, 3.05) is 13.1 Å². The zero-order valence-electron chi connectivity index (χ0n) is 9.28. The Morgan fingerprint density at radius 3 is 2.59 bits per heavy atom. The molecule has 2 aliphatic rings. The van der Waals surface area contributed by atoms with Crippen molar-refractivity contribution in [3.05, 3.63) is 35.4 Å². The lowest BCUT2D eigenvalue weighted by molar-refractivity contribution is 0.454. The van der Waals surface area contributed by atoms with E-state index in [1.54, 1.807) is 0 Å². The van der Waals surface area contributed by atoms with Crippen LogP contribution in [0, 0.1) is 5.95 Å². The van der Waals surface area contributed by atoms with E-state index in [9.17, 15) is 4.39 Å². The standard InChI is InChI=1S/C13H12FN3/c14-13-6-16-11-2-9-7-1-8(5-15-4-7)10(9)3-12(11)17-13/h2-3,6-8,15H,1,4-5H2/t7-,8-/m1/s1. The first-order valence-electron chi connectivity index (χ1n) is 5.98. The molecule has 86 valence electrons. The molecule has 2 bridgehead atoms. The van der Waals surface area contributed by atoms with E-state index >= 15 is 0 Å². The van der Waals surface area contributed by atoms with E-state index < -0.39 is 5.95 Å². The van der Waals surface area contributed by atoms with E-state index in [4.69, 9.17) is 0 Å². The molecule has 3 nitrogen and oxygen atoms in total. The lowest BCUT2D eigenvalue weighted by Crippen LogP contribution is -2.28. The lowest BCUT2D eigenvalue weighted by atomic mass is 9.98. The molecule has 0 spiro atoms. The Morgan fingerprint density at radius 1 is 1.12 bits per heavy atom. The van der Waals surface area contributed by atoms with Crippen LogP contribution in [0.5, 0.6) is 0 Å². The number of fused-ring (bicyclic) bond motifs is 6. The van der Waals surface area contributed by atoms with E-state index in [0.29, 0.717) is 17.4 Å². The summed E-state index contributed by atoms with van der Waals surface area (Å²) in [5.41, 5.74) is 4.20. The summed E-state index contributed by atoms with van der Waals surface area (Å²) < 4.78 is 13.1. The van der Waals surface area contributed by atoms with Gasteiger partial charge in [-0.1, -0.05) is 0 Å². The summed E-state index contributed by atoms with van der Waals surface area (Å²) in [7, 11) is 0. The first-order chi connectivity index (χ1) is 8.31. The normalized spacial score (nSPS) is 26.2. The molecule has 0 amide bonds. The van der Waals surface area contributed by atoms with Crippen molar-refractivity contribution < 1.29 is 4.39 Å². The summed E-state index contributed by atoms with van der Waals surface area (Å²) in [4.78, 5) is 8.03. The predicted octanol–water partition coefficient (Wildman–Crippen LogP) is 1.94. The van der Waals surface area contributed by atoms with Crippen LogP contribution in [0.2, 0.25) is 0 Å². The van der Waals surface area contributed by atoms with Crippen molar-refractivity contribution in [1.82, 2.24) is 15.3 Å². The maximum Gasteiger partial charge on any atom is 0.231 e. The first kappa shape index (κ1) is 9.48. The Hall–Kier alpha value is -1.55. The minimum atomic E-state index is -0.503. The van der Waals surface area contributed by atoms with Crippen LogP contribution < -0.4 is 5.32 Å². The number of benzene rings is 1. The Kier molecular flexibility index (Phi) is 1.80. The third-order valence-electron chi connectivity index (χ3n) is 3.95. The van der Waals surface area contributed by atoms with Crippen LogP contribution in [0.25, 0.3) is 11.0 Å². The van der Waals surface area contributed by atoms with E-state index in [0.717, 1.165) is 18.6 Å². The fourth-order valence-electron chi connectivity index (χ4n) is 3.19. The topological polar surface area (TPSA) is 37.8 Å². The van der Waals surface area contributed by atoms with Crippen LogP contribution in [-0.4, -0.2) is 23.1 Å². The third-order valence-corrected chi connectivity index (χ3v) is 3.95. The van der Waals surface area contributed by atoms with Crippen molar-refractivity contribution in [2.24, 2.45) is 0 Å². The van der Waals surface area contributed by atoms with Gasteiger partial charge in [0, 0.05) is 13.1 Å². The highest BCUT2D eigenvalue weighted by Crippen LogP contribution is 2.44. The Bertz CT molecular complexity index is 611. The van der Waals surface area contributed by atoms with Crippen LogP contribution in [-0.2, 0) is 0 Å². The zero-order valence-corrected chi connectivity index (χ0v) is 9.28. The number of hydrogen-bond donors (Lipinski definition) is 1. The highest BCUT2D eigenvalue weighted by molar-refractivity contribution is 5.77. The van der Waals surface area contributed by atoms with Crippen molar-refractivity contribution in [3.8, 4) is 0 Å². The van der Waals surface area contributed by atoms with E-state index in [1.165, 1.54) is 23.7 Å². The number of piperidine rings is 1. The van der Waals surface area contributed by atoms with Crippen LogP contribution in [0.15, 0.2) is 18.3 Å². The van der Waals surface area contributed by atoms with Gasteiger partial charge < -0.3 is 5.32 Å². The smallest absolute Gasteiger partial charge is 0.231 e. The molecule has 0 saturated carbocycles. The number of aromatic nitrogens is 2. The molecule has 4 heteroatoms. The van der Waals surface area contributed by atoms with Gasteiger partial charge in [0.05, 0.1) is 17.2 Å². The summed E-state index contributed by atoms with van der Waals surface area (Å²) in [5, 5.41) is 3.44. The van der Waals surface area contributed by atoms with Crippen molar-refractivity contribution in [2.45, 2.75) is 18.3 Å². The highest BCUT2D eigenvalue weighted by Gasteiger charge is 2.34. The molecule has 1 aliphatic carbocycles. The molecular formula is C13H12FN3. The first-order valence-corrected chi connectivity index (χ1v) is 5.98. The van der Waals surface area contributed by atoms with Crippen molar-refractivity contribution in [3.63, 3.8) is 0 Å². The quantitative estimate of drug-likeness (QED) is 0.750. The number of nitrogens with zero attached hydrogens (tertiary/aromatic N) is 2. The van der Waals surface area contributed by atoms with Crippen LogP contribution in [0.4, 0.5) is 4.39 Å². The molecule has 1 aromatic carbocycles. The predicted molar refractivity (Wildman–Crippen MR) is 62.5 cm³/mol. The number of halogens is 1. The third kappa shape index (κ3) is 1.30. The molecule has 4 rings (SSSR count).